The lowest BCUT2D eigenvalue weighted by atomic mass is 10.0. The van der Waals surface area contributed by atoms with Crippen LogP contribution >= 0.6 is 0 Å². The van der Waals surface area contributed by atoms with Crippen molar-refractivity contribution < 1.29 is 28.7 Å². The van der Waals surface area contributed by atoms with E-state index in [9.17, 15) is 24.0 Å². The number of ether oxygens (including phenoxy) is 1. The molecular weight excluding hydrogens is 466 g/mol. The predicted octanol–water partition coefficient (Wildman–Crippen LogP) is 0.383. The molecule has 11 nitrogen and oxygen atoms in total. The number of amides is 5. The van der Waals surface area contributed by atoms with Crippen LogP contribution < -0.4 is 26.6 Å². The van der Waals surface area contributed by atoms with Gasteiger partial charge in [-0.1, -0.05) is 44.2 Å². The zero-order chi connectivity index (χ0) is 27.0. The molecule has 1 aromatic rings. The van der Waals surface area contributed by atoms with Gasteiger partial charge in [0.2, 0.25) is 23.6 Å². The molecule has 11 heteroatoms. The lowest BCUT2D eigenvalue weighted by Gasteiger charge is -2.29. The summed E-state index contributed by atoms with van der Waals surface area (Å²) in [6.07, 6.45) is -0.546. The molecular formula is C25H37N5O6. The average molecular weight is 504 g/mol. The zero-order valence-corrected chi connectivity index (χ0v) is 21.6. The number of carbonyl (C=O) groups is 5. The fourth-order valence-corrected chi connectivity index (χ4v) is 3.37. The van der Waals surface area contributed by atoms with E-state index in [1.807, 2.05) is 30.3 Å². The third-order valence-corrected chi connectivity index (χ3v) is 5.40. The molecule has 198 valence electrons. The summed E-state index contributed by atoms with van der Waals surface area (Å²) in [6.45, 7) is 10.4. The summed E-state index contributed by atoms with van der Waals surface area (Å²) < 4.78 is 5.23. The standard InChI is InChI=1S/C25H37N5O6/c1-14(2)19(30-24(35)36-25(4,5)6)23(34)27-15(3)20(31)28-17(12-16-10-8-7-9-11-16)22(33)29-18-13-26-21(18)32/h7-11,14-15,17-19H,12-13H2,1-6H3,(H,26,32)(H,27,34)(H,28,31)(H,29,33)(H,30,35)/t15-,17-,18-,19-/m0/s1. The number of hydrogen-bond acceptors (Lipinski definition) is 6. The number of hydrogen-bond donors (Lipinski definition) is 5. The first-order valence-electron chi connectivity index (χ1n) is 12.0. The van der Waals surface area contributed by atoms with Crippen molar-refractivity contribution in [2.45, 2.75) is 77.7 Å². The van der Waals surface area contributed by atoms with Crippen molar-refractivity contribution in [2.75, 3.05) is 6.54 Å². The summed E-state index contributed by atoms with van der Waals surface area (Å²) in [5, 5.41) is 13.0. The summed E-state index contributed by atoms with van der Waals surface area (Å²) in [6, 6.07) is 5.57. The van der Waals surface area contributed by atoms with Gasteiger partial charge < -0.3 is 31.3 Å². The van der Waals surface area contributed by atoms with Gasteiger partial charge in [-0.3, -0.25) is 19.2 Å². The van der Waals surface area contributed by atoms with Gasteiger partial charge in [0, 0.05) is 13.0 Å². The van der Waals surface area contributed by atoms with Crippen LogP contribution in [0.25, 0.3) is 0 Å². The molecule has 2 rings (SSSR count). The molecule has 1 aliphatic rings. The van der Waals surface area contributed by atoms with Gasteiger partial charge in [0.1, 0.15) is 29.8 Å². The molecule has 1 heterocycles. The van der Waals surface area contributed by atoms with Crippen molar-refractivity contribution in [3.63, 3.8) is 0 Å². The van der Waals surface area contributed by atoms with E-state index in [1.165, 1.54) is 6.92 Å². The Bertz CT molecular complexity index is 959. The molecule has 5 amide bonds. The number of β-lactam (4-membered cyclic amide) rings is 1. The highest BCUT2D eigenvalue weighted by molar-refractivity contribution is 5.96. The highest BCUT2D eigenvalue weighted by atomic mass is 16.6. The molecule has 1 saturated heterocycles. The van der Waals surface area contributed by atoms with Crippen LogP contribution in [-0.4, -0.2) is 66.0 Å². The second kappa shape index (κ2) is 12.4. The molecule has 0 aliphatic carbocycles. The average Bonchev–Trinajstić information content (AvgIpc) is 2.78. The van der Waals surface area contributed by atoms with Crippen LogP contribution in [0, 0.1) is 5.92 Å². The first kappa shape index (κ1) is 28.6. The van der Waals surface area contributed by atoms with Gasteiger partial charge in [-0.2, -0.15) is 0 Å². The van der Waals surface area contributed by atoms with Gasteiger partial charge in [-0.15, -0.1) is 0 Å². The molecule has 0 aromatic heterocycles. The third kappa shape index (κ3) is 8.86. The van der Waals surface area contributed by atoms with Crippen LogP contribution in [0.2, 0.25) is 0 Å². The molecule has 0 bridgehead atoms. The quantitative estimate of drug-likeness (QED) is 0.291. The minimum absolute atomic E-state index is 0.197. The van der Waals surface area contributed by atoms with Gasteiger partial charge in [0.15, 0.2) is 0 Å². The predicted molar refractivity (Wildman–Crippen MR) is 133 cm³/mol. The van der Waals surface area contributed by atoms with Gasteiger partial charge >= 0.3 is 6.09 Å². The second-order valence-corrected chi connectivity index (χ2v) is 10.2. The van der Waals surface area contributed by atoms with Crippen molar-refractivity contribution in [3.05, 3.63) is 35.9 Å². The first-order valence-corrected chi connectivity index (χ1v) is 12.0. The minimum Gasteiger partial charge on any atom is -0.444 e. The third-order valence-electron chi connectivity index (χ3n) is 5.40. The van der Waals surface area contributed by atoms with Crippen LogP contribution in [0.5, 0.6) is 0 Å². The molecule has 0 spiro atoms. The smallest absolute Gasteiger partial charge is 0.408 e. The Kier molecular flexibility index (Phi) is 9.83. The summed E-state index contributed by atoms with van der Waals surface area (Å²) in [5.74, 6) is -2.22. The van der Waals surface area contributed by atoms with Gasteiger partial charge in [-0.25, -0.2) is 4.79 Å². The van der Waals surface area contributed by atoms with E-state index in [2.05, 4.69) is 26.6 Å². The summed E-state index contributed by atoms with van der Waals surface area (Å²) in [7, 11) is 0. The van der Waals surface area contributed by atoms with Crippen molar-refractivity contribution >= 4 is 29.7 Å². The Labute approximate surface area is 211 Å². The molecule has 0 radical (unpaired) electrons. The maximum absolute atomic E-state index is 12.9. The van der Waals surface area contributed by atoms with Crippen LogP contribution in [0.4, 0.5) is 4.79 Å². The monoisotopic (exact) mass is 503 g/mol. The normalized spacial score (nSPS) is 17.5. The minimum atomic E-state index is -1.00. The Balaban J connectivity index is 2.04. The van der Waals surface area contributed by atoms with E-state index in [4.69, 9.17) is 4.74 Å². The summed E-state index contributed by atoms with van der Waals surface area (Å²) in [5.41, 5.74) is 0.0816. The van der Waals surface area contributed by atoms with Gasteiger partial charge in [-0.05, 0) is 39.2 Å². The van der Waals surface area contributed by atoms with E-state index >= 15 is 0 Å². The van der Waals surface area contributed by atoms with Crippen LogP contribution in [-0.2, 0) is 30.3 Å². The van der Waals surface area contributed by atoms with E-state index in [-0.39, 0.29) is 18.2 Å². The fraction of sp³-hybridized carbons (Fsp3) is 0.560. The molecule has 1 aliphatic heterocycles. The maximum Gasteiger partial charge on any atom is 0.408 e. The largest absolute Gasteiger partial charge is 0.444 e. The van der Waals surface area contributed by atoms with Crippen molar-refractivity contribution in [1.29, 1.82) is 0 Å². The number of rotatable bonds is 10. The number of carbonyl (C=O) groups excluding carboxylic acids is 5. The zero-order valence-electron chi connectivity index (χ0n) is 21.6. The van der Waals surface area contributed by atoms with Gasteiger partial charge in [0.25, 0.3) is 0 Å². The molecule has 0 saturated carbocycles. The highest BCUT2D eigenvalue weighted by Gasteiger charge is 2.33. The number of alkyl carbamates (subject to hydrolysis) is 1. The van der Waals surface area contributed by atoms with Crippen LogP contribution in [0.15, 0.2) is 30.3 Å². The second-order valence-electron chi connectivity index (χ2n) is 10.2. The van der Waals surface area contributed by atoms with E-state index in [0.29, 0.717) is 6.54 Å². The van der Waals surface area contributed by atoms with Gasteiger partial charge in [0.05, 0.1) is 0 Å². The topological polar surface area (TPSA) is 155 Å². The lowest BCUT2D eigenvalue weighted by molar-refractivity contribution is -0.135. The van der Waals surface area contributed by atoms with Crippen molar-refractivity contribution in [2.24, 2.45) is 5.92 Å². The van der Waals surface area contributed by atoms with Crippen molar-refractivity contribution in [1.82, 2.24) is 26.6 Å². The Morgan fingerprint density at radius 3 is 2.11 bits per heavy atom. The fourth-order valence-electron chi connectivity index (χ4n) is 3.37. The molecule has 36 heavy (non-hydrogen) atoms. The van der Waals surface area contributed by atoms with E-state index in [0.717, 1.165) is 5.56 Å². The highest BCUT2D eigenvalue weighted by Crippen LogP contribution is 2.10. The maximum atomic E-state index is 12.9. The SMILES string of the molecule is CC(C)[C@H](NC(=O)OC(C)(C)C)C(=O)N[C@@H](C)C(=O)N[C@@H](Cc1ccccc1)C(=O)N[C@H]1CNC1=O. The number of benzene rings is 1. The van der Waals surface area contributed by atoms with Crippen LogP contribution in [0.3, 0.4) is 0 Å². The molecule has 0 unspecified atom stereocenters. The molecule has 1 fully saturated rings. The molecule has 5 N–H and O–H groups in total. The first-order chi connectivity index (χ1) is 16.8. The summed E-state index contributed by atoms with van der Waals surface area (Å²) in [4.78, 5) is 62.4. The Morgan fingerprint density at radius 1 is 0.972 bits per heavy atom. The number of nitrogens with one attached hydrogen (secondary N) is 5. The Hall–Kier alpha value is -3.63. The lowest BCUT2D eigenvalue weighted by Crippen LogP contribution is -2.65. The van der Waals surface area contributed by atoms with Crippen molar-refractivity contribution in [3.8, 4) is 0 Å². The Morgan fingerprint density at radius 2 is 1.61 bits per heavy atom. The van der Waals surface area contributed by atoms with Crippen LogP contribution in [0.1, 0.15) is 47.1 Å². The van der Waals surface area contributed by atoms with E-state index in [1.54, 1.807) is 34.6 Å². The summed E-state index contributed by atoms with van der Waals surface area (Å²) >= 11 is 0. The van der Waals surface area contributed by atoms with E-state index < -0.39 is 53.6 Å². The molecule has 1 aromatic carbocycles. The molecule has 4 atom stereocenters.